The highest BCUT2D eigenvalue weighted by molar-refractivity contribution is 7.15. The van der Waals surface area contributed by atoms with Crippen molar-refractivity contribution in [2.45, 2.75) is 51.9 Å². The molecule has 0 fully saturated rings. The lowest BCUT2D eigenvalue weighted by molar-refractivity contribution is 0.604. The van der Waals surface area contributed by atoms with E-state index in [0.29, 0.717) is 5.15 Å². The van der Waals surface area contributed by atoms with E-state index in [1.165, 1.54) is 17.7 Å². The van der Waals surface area contributed by atoms with Gasteiger partial charge in [0.1, 0.15) is 5.15 Å². The number of fused-ring (bicyclic) bond motifs is 1. The molecular weight excluding hydrogens is 288 g/mol. The van der Waals surface area contributed by atoms with Crippen LogP contribution < -0.4 is 0 Å². The van der Waals surface area contributed by atoms with Gasteiger partial charge >= 0.3 is 0 Å². The van der Waals surface area contributed by atoms with E-state index in [9.17, 15) is 0 Å². The van der Waals surface area contributed by atoms with Crippen molar-refractivity contribution >= 4 is 22.9 Å². The molecule has 0 N–H and O–H groups in total. The number of hydrogen-bond donors (Lipinski definition) is 0. The number of halogens is 1. The third-order valence-electron chi connectivity index (χ3n) is 3.70. The molecule has 1 aliphatic carbocycles. The molecule has 0 saturated heterocycles. The maximum absolute atomic E-state index is 6.35. The molecule has 3 rings (SSSR count). The van der Waals surface area contributed by atoms with Crippen LogP contribution in [0, 0.1) is 0 Å². The monoisotopic (exact) mass is 306 g/mol. The highest BCUT2D eigenvalue weighted by atomic mass is 35.5. The summed E-state index contributed by atoms with van der Waals surface area (Å²) in [4.78, 5) is 11.7. The van der Waals surface area contributed by atoms with Crippen LogP contribution in [0.2, 0.25) is 5.15 Å². The lowest BCUT2D eigenvalue weighted by Crippen LogP contribution is -2.08. The van der Waals surface area contributed by atoms with Gasteiger partial charge in [-0.25, -0.2) is 9.97 Å². The van der Waals surface area contributed by atoms with E-state index >= 15 is 0 Å². The third-order valence-corrected chi connectivity index (χ3v) is 5.52. The van der Waals surface area contributed by atoms with Crippen LogP contribution in [0.25, 0.3) is 10.7 Å². The van der Waals surface area contributed by atoms with Gasteiger partial charge in [0.15, 0.2) is 5.82 Å². The van der Waals surface area contributed by atoms with E-state index in [1.54, 1.807) is 11.3 Å². The molecule has 0 radical (unpaired) electrons. The van der Waals surface area contributed by atoms with Crippen molar-refractivity contribution in [3.8, 4) is 10.7 Å². The number of rotatable bonds is 1. The molecule has 0 unspecified atom stereocenters. The Hall–Kier alpha value is -0.930. The van der Waals surface area contributed by atoms with Crippen molar-refractivity contribution in [2.24, 2.45) is 0 Å². The fourth-order valence-electron chi connectivity index (χ4n) is 2.52. The summed E-state index contributed by atoms with van der Waals surface area (Å²) >= 11 is 8.12. The molecule has 4 heteroatoms. The van der Waals surface area contributed by atoms with Crippen molar-refractivity contribution in [1.82, 2.24) is 9.97 Å². The second kappa shape index (κ2) is 5.12. The number of aryl methyl sites for hydroxylation is 1. The highest BCUT2D eigenvalue weighted by Crippen LogP contribution is 2.35. The first-order chi connectivity index (χ1) is 9.45. The fourth-order valence-corrected chi connectivity index (χ4v) is 3.80. The van der Waals surface area contributed by atoms with Gasteiger partial charge in [0, 0.05) is 16.1 Å². The van der Waals surface area contributed by atoms with Gasteiger partial charge in [-0.1, -0.05) is 32.4 Å². The van der Waals surface area contributed by atoms with Gasteiger partial charge in [-0.2, -0.15) is 0 Å². The summed E-state index contributed by atoms with van der Waals surface area (Å²) in [6.45, 7) is 6.68. The van der Waals surface area contributed by atoms with Crippen molar-refractivity contribution in [1.29, 1.82) is 0 Å². The molecular formula is C16H19ClN2S. The van der Waals surface area contributed by atoms with Crippen LogP contribution in [0.1, 0.15) is 49.7 Å². The Bertz CT molecular complexity index is 640. The molecule has 0 amide bonds. The maximum Gasteiger partial charge on any atom is 0.171 e. The molecule has 0 saturated carbocycles. The zero-order valence-corrected chi connectivity index (χ0v) is 13.7. The van der Waals surface area contributed by atoms with E-state index in [4.69, 9.17) is 16.6 Å². The summed E-state index contributed by atoms with van der Waals surface area (Å²) < 4.78 is 0. The molecule has 106 valence electrons. The van der Waals surface area contributed by atoms with E-state index in [-0.39, 0.29) is 5.41 Å². The fraction of sp³-hybridized carbons (Fsp3) is 0.500. The topological polar surface area (TPSA) is 25.8 Å². The number of aromatic nitrogens is 2. The first kappa shape index (κ1) is 14.0. The summed E-state index contributed by atoms with van der Waals surface area (Å²) in [5, 5.41) is 0.649. The number of thiophene rings is 1. The highest BCUT2D eigenvalue weighted by Gasteiger charge is 2.20. The van der Waals surface area contributed by atoms with Crippen LogP contribution in [-0.4, -0.2) is 9.97 Å². The molecule has 0 aromatic carbocycles. The molecule has 0 bridgehead atoms. The molecule has 2 aromatic rings. The summed E-state index contributed by atoms with van der Waals surface area (Å²) in [5.74, 6) is 0.788. The van der Waals surface area contributed by atoms with E-state index in [1.807, 2.05) is 0 Å². The molecule has 2 nitrogen and oxygen atoms in total. The van der Waals surface area contributed by atoms with Crippen molar-refractivity contribution in [2.75, 3.05) is 0 Å². The maximum atomic E-state index is 6.35. The summed E-state index contributed by atoms with van der Waals surface area (Å²) in [6, 6.07) is 4.29. The van der Waals surface area contributed by atoms with Crippen LogP contribution in [0.5, 0.6) is 0 Å². The van der Waals surface area contributed by atoms with E-state index < -0.39 is 0 Å². The Balaban J connectivity index is 2.02. The van der Waals surface area contributed by atoms with Gasteiger partial charge in [0.05, 0.1) is 4.88 Å². The van der Waals surface area contributed by atoms with Crippen molar-refractivity contribution in [3.05, 3.63) is 33.4 Å². The van der Waals surface area contributed by atoms with Crippen molar-refractivity contribution < 1.29 is 0 Å². The minimum Gasteiger partial charge on any atom is -0.232 e. The molecule has 1 aliphatic rings. The van der Waals surface area contributed by atoms with Gasteiger partial charge in [-0.3, -0.25) is 0 Å². The Morgan fingerprint density at radius 2 is 1.85 bits per heavy atom. The number of nitrogens with zero attached hydrogens (tertiary/aromatic N) is 2. The lowest BCUT2D eigenvalue weighted by Gasteiger charge is -2.16. The minimum atomic E-state index is 0.168. The molecule has 0 spiro atoms. The average molecular weight is 307 g/mol. The van der Waals surface area contributed by atoms with Gasteiger partial charge in [-0.05, 0) is 43.2 Å². The predicted octanol–water partition coefficient (Wildman–Crippen LogP) is 5.03. The molecule has 20 heavy (non-hydrogen) atoms. The normalized spacial score (nSPS) is 15.2. The standard InChI is InChI=1S/C16H19ClN2S/c1-16(2,3)13-9-8-12(20-13)15-18-11-7-5-4-6-10(11)14(17)19-15/h8-9H,4-7H2,1-3H3. The van der Waals surface area contributed by atoms with E-state index in [2.05, 4.69) is 37.9 Å². The molecule has 2 aromatic heterocycles. The summed E-state index contributed by atoms with van der Waals surface area (Å²) in [5.41, 5.74) is 2.48. The van der Waals surface area contributed by atoms with Crippen LogP contribution in [0.15, 0.2) is 12.1 Å². The van der Waals surface area contributed by atoms with Crippen LogP contribution in [0.4, 0.5) is 0 Å². The quantitative estimate of drug-likeness (QED) is 0.690. The Morgan fingerprint density at radius 1 is 1.10 bits per heavy atom. The van der Waals surface area contributed by atoms with Crippen LogP contribution >= 0.6 is 22.9 Å². The Kier molecular flexibility index (Phi) is 3.59. The zero-order chi connectivity index (χ0) is 14.3. The van der Waals surface area contributed by atoms with E-state index in [0.717, 1.165) is 34.8 Å². The molecule has 0 atom stereocenters. The Morgan fingerprint density at radius 3 is 2.55 bits per heavy atom. The largest absolute Gasteiger partial charge is 0.232 e. The summed E-state index contributed by atoms with van der Waals surface area (Å²) in [7, 11) is 0. The first-order valence-electron chi connectivity index (χ1n) is 7.11. The van der Waals surface area contributed by atoms with Crippen LogP contribution in [-0.2, 0) is 18.3 Å². The average Bonchev–Trinajstić information content (AvgIpc) is 2.88. The first-order valence-corrected chi connectivity index (χ1v) is 8.30. The zero-order valence-electron chi connectivity index (χ0n) is 12.2. The molecule has 2 heterocycles. The van der Waals surface area contributed by atoms with Gasteiger partial charge in [0.25, 0.3) is 0 Å². The van der Waals surface area contributed by atoms with Crippen molar-refractivity contribution in [3.63, 3.8) is 0 Å². The number of hydrogen-bond acceptors (Lipinski definition) is 3. The Labute approximate surface area is 129 Å². The lowest BCUT2D eigenvalue weighted by atomic mass is 9.95. The predicted molar refractivity (Wildman–Crippen MR) is 85.7 cm³/mol. The second-order valence-electron chi connectivity index (χ2n) is 6.38. The van der Waals surface area contributed by atoms with Gasteiger partial charge in [0.2, 0.25) is 0 Å². The van der Waals surface area contributed by atoms with Gasteiger partial charge in [-0.15, -0.1) is 11.3 Å². The summed E-state index contributed by atoms with van der Waals surface area (Å²) in [6.07, 6.45) is 4.45. The second-order valence-corrected chi connectivity index (χ2v) is 7.83. The molecule has 0 aliphatic heterocycles. The SMILES string of the molecule is CC(C)(C)c1ccc(-c2nc(Cl)c3c(n2)CCCC3)s1. The van der Waals surface area contributed by atoms with Gasteiger partial charge < -0.3 is 0 Å². The third kappa shape index (κ3) is 2.61. The smallest absolute Gasteiger partial charge is 0.171 e. The van der Waals surface area contributed by atoms with Crippen LogP contribution in [0.3, 0.4) is 0 Å². The minimum absolute atomic E-state index is 0.168.